The van der Waals surface area contributed by atoms with Gasteiger partial charge < -0.3 is 4.90 Å². The number of thiazole rings is 1. The van der Waals surface area contributed by atoms with Gasteiger partial charge in [0, 0.05) is 40.6 Å². The molecule has 5 rings (SSSR count). The van der Waals surface area contributed by atoms with Gasteiger partial charge in [0.05, 0.1) is 23.3 Å². The Hall–Kier alpha value is -3.26. The zero-order valence-electron chi connectivity index (χ0n) is 16.2. The van der Waals surface area contributed by atoms with Crippen LogP contribution in [-0.2, 0) is 19.1 Å². The second-order valence-electron chi connectivity index (χ2n) is 7.36. The van der Waals surface area contributed by atoms with E-state index in [9.17, 15) is 18.0 Å². The molecule has 0 fully saturated rings. The highest BCUT2D eigenvalue weighted by molar-refractivity contribution is 7.15. The molecule has 0 radical (unpaired) electrons. The molecular weight excluding hydrogens is 423 g/mol. The van der Waals surface area contributed by atoms with Gasteiger partial charge in [0.2, 0.25) is 0 Å². The highest BCUT2D eigenvalue weighted by Gasteiger charge is 2.31. The number of carbonyl (C=O) groups is 1. The van der Waals surface area contributed by atoms with Crippen LogP contribution >= 0.6 is 11.3 Å². The number of alkyl halides is 3. The number of hydrogen-bond acceptors (Lipinski definition) is 4. The molecule has 1 amide bonds. The van der Waals surface area contributed by atoms with Gasteiger partial charge in [-0.2, -0.15) is 13.2 Å². The summed E-state index contributed by atoms with van der Waals surface area (Å²) >= 11 is 1.34. The van der Waals surface area contributed by atoms with Gasteiger partial charge in [-0.1, -0.05) is 18.2 Å². The van der Waals surface area contributed by atoms with Gasteiger partial charge >= 0.3 is 6.18 Å². The standard InChI is InChI=1S/C23H16F3N3OS/c24-23(25,26)17-5-1-3-15(12-17)21-28-19-8-10-29(13-20(19)31-21)22(30)16-6-7-18-14(11-16)4-2-9-27-18/h1-7,9,11-12H,8,10,13H2. The van der Waals surface area contributed by atoms with Crippen LogP contribution in [0.15, 0.2) is 60.8 Å². The summed E-state index contributed by atoms with van der Waals surface area (Å²) in [6, 6.07) is 14.4. The fourth-order valence-electron chi connectivity index (χ4n) is 3.71. The van der Waals surface area contributed by atoms with Crippen LogP contribution in [0.5, 0.6) is 0 Å². The number of hydrogen-bond donors (Lipinski definition) is 0. The van der Waals surface area contributed by atoms with Crippen molar-refractivity contribution < 1.29 is 18.0 Å². The van der Waals surface area contributed by atoms with Crippen molar-refractivity contribution in [2.75, 3.05) is 6.54 Å². The SMILES string of the molecule is O=C(c1ccc2ncccc2c1)N1CCc2nc(-c3cccc(C(F)(F)F)c3)sc2C1. The predicted octanol–water partition coefficient (Wildman–Crippen LogP) is 5.58. The lowest BCUT2D eigenvalue weighted by molar-refractivity contribution is -0.137. The number of carbonyl (C=O) groups excluding carboxylic acids is 1. The van der Waals surface area contributed by atoms with E-state index in [2.05, 4.69) is 9.97 Å². The third-order valence-electron chi connectivity index (χ3n) is 5.31. The van der Waals surface area contributed by atoms with E-state index in [-0.39, 0.29) is 5.91 Å². The van der Waals surface area contributed by atoms with Gasteiger partial charge in [0.15, 0.2) is 0 Å². The Morgan fingerprint density at radius 3 is 2.77 bits per heavy atom. The fraction of sp³-hybridized carbons (Fsp3) is 0.174. The molecule has 4 aromatic rings. The largest absolute Gasteiger partial charge is 0.416 e. The number of pyridine rings is 1. The zero-order chi connectivity index (χ0) is 21.6. The molecule has 2 aromatic heterocycles. The van der Waals surface area contributed by atoms with Crippen molar-refractivity contribution in [2.45, 2.75) is 19.1 Å². The molecule has 0 unspecified atom stereocenters. The summed E-state index contributed by atoms with van der Waals surface area (Å²) in [4.78, 5) is 24.6. The Morgan fingerprint density at radius 1 is 1.06 bits per heavy atom. The third-order valence-corrected chi connectivity index (χ3v) is 6.44. The summed E-state index contributed by atoms with van der Waals surface area (Å²) < 4.78 is 39.1. The molecule has 4 nitrogen and oxygen atoms in total. The summed E-state index contributed by atoms with van der Waals surface area (Å²) in [6.45, 7) is 0.915. The molecule has 1 aliphatic rings. The number of fused-ring (bicyclic) bond motifs is 2. The fourth-order valence-corrected chi connectivity index (χ4v) is 4.83. The van der Waals surface area contributed by atoms with Crippen LogP contribution < -0.4 is 0 Å². The molecule has 156 valence electrons. The molecule has 0 saturated heterocycles. The Bertz CT molecular complexity index is 1300. The Labute approximate surface area is 180 Å². The number of nitrogens with zero attached hydrogens (tertiary/aromatic N) is 3. The number of rotatable bonds is 2. The first-order valence-corrected chi connectivity index (χ1v) is 10.5. The van der Waals surface area contributed by atoms with E-state index in [1.165, 1.54) is 17.4 Å². The van der Waals surface area contributed by atoms with Gasteiger partial charge in [0.25, 0.3) is 5.91 Å². The summed E-state index contributed by atoms with van der Waals surface area (Å²) in [5.41, 5.74) is 2.01. The number of amides is 1. The smallest absolute Gasteiger partial charge is 0.333 e. The molecule has 0 aliphatic carbocycles. The minimum absolute atomic E-state index is 0.0783. The van der Waals surface area contributed by atoms with Crippen LogP contribution in [0.4, 0.5) is 13.2 Å². The molecule has 1 aliphatic heterocycles. The van der Waals surface area contributed by atoms with Crippen molar-refractivity contribution in [3.05, 3.63) is 82.5 Å². The molecule has 8 heteroatoms. The average Bonchev–Trinajstić information content (AvgIpc) is 3.21. The van der Waals surface area contributed by atoms with Crippen LogP contribution in [0.2, 0.25) is 0 Å². The molecule has 31 heavy (non-hydrogen) atoms. The lowest BCUT2D eigenvalue weighted by Crippen LogP contribution is -2.35. The summed E-state index contributed by atoms with van der Waals surface area (Å²) in [5, 5.41) is 1.44. The molecule has 0 bridgehead atoms. The van der Waals surface area contributed by atoms with Gasteiger partial charge in [0.1, 0.15) is 5.01 Å². The maximum absolute atomic E-state index is 13.0. The predicted molar refractivity (Wildman–Crippen MR) is 113 cm³/mol. The summed E-state index contributed by atoms with van der Waals surface area (Å²) in [6.07, 6.45) is -2.11. The van der Waals surface area contributed by atoms with Crippen molar-refractivity contribution in [2.24, 2.45) is 0 Å². The molecule has 0 spiro atoms. The van der Waals surface area contributed by atoms with Crippen molar-refractivity contribution in [1.29, 1.82) is 0 Å². The number of benzene rings is 2. The van der Waals surface area contributed by atoms with Crippen LogP contribution in [0.3, 0.4) is 0 Å². The zero-order valence-corrected chi connectivity index (χ0v) is 17.0. The van der Waals surface area contributed by atoms with Crippen LogP contribution in [0, 0.1) is 0 Å². The highest BCUT2D eigenvalue weighted by Crippen LogP contribution is 2.36. The van der Waals surface area contributed by atoms with Crippen molar-refractivity contribution in [1.82, 2.24) is 14.9 Å². The van der Waals surface area contributed by atoms with E-state index < -0.39 is 11.7 Å². The Balaban J connectivity index is 1.40. The average molecular weight is 439 g/mol. The summed E-state index contributed by atoms with van der Waals surface area (Å²) in [5.74, 6) is -0.0783. The minimum atomic E-state index is -4.40. The monoisotopic (exact) mass is 439 g/mol. The molecule has 0 N–H and O–H groups in total. The molecule has 0 saturated carbocycles. The number of aromatic nitrogens is 2. The first kappa shape index (κ1) is 19.7. The normalized spacial score (nSPS) is 14.0. The lowest BCUT2D eigenvalue weighted by atomic mass is 10.1. The Morgan fingerprint density at radius 2 is 1.94 bits per heavy atom. The van der Waals surface area contributed by atoms with Crippen LogP contribution in [0.25, 0.3) is 21.5 Å². The van der Waals surface area contributed by atoms with E-state index >= 15 is 0 Å². The summed E-state index contributed by atoms with van der Waals surface area (Å²) in [7, 11) is 0. The van der Waals surface area contributed by atoms with Crippen molar-refractivity contribution >= 4 is 28.1 Å². The van der Waals surface area contributed by atoms with Crippen molar-refractivity contribution in [3.8, 4) is 10.6 Å². The second kappa shape index (κ2) is 7.46. The second-order valence-corrected chi connectivity index (χ2v) is 8.44. The molecule has 2 aromatic carbocycles. The van der Waals surface area contributed by atoms with Gasteiger partial charge in [-0.25, -0.2) is 4.98 Å². The van der Waals surface area contributed by atoms with E-state index in [4.69, 9.17) is 0 Å². The van der Waals surface area contributed by atoms with E-state index in [0.717, 1.165) is 33.6 Å². The van der Waals surface area contributed by atoms with Crippen molar-refractivity contribution in [3.63, 3.8) is 0 Å². The lowest BCUT2D eigenvalue weighted by Gasteiger charge is -2.26. The minimum Gasteiger partial charge on any atom is -0.333 e. The van der Waals surface area contributed by atoms with Gasteiger partial charge in [-0.3, -0.25) is 9.78 Å². The van der Waals surface area contributed by atoms with E-state index in [0.29, 0.717) is 35.6 Å². The quantitative estimate of drug-likeness (QED) is 0.410. The van der Waals surface area contributed by atoms with E-state index in [1.54, 1.807) is 23.2 Å². The Kier molecular flexibility index (Phi) is 4.74. The molecular formula is C23H16F3N3OS. The molecule has 0 atom stereocenters. The first-order valence-electron chi connectivity index (χ1n) is 9.69. The van der Waals surface area contributed by atoms with Gasteiger partial charge in [-0.05, 0) is 36.4 Å². The third kappa shape index (κ3) is 3.79. The molecule has 3 heterocycles. The van der Waals surface area contributed by atoms with Crippen LogP contribution in [-0.4, -0.2) is 27.3 Å². The van der Waals surface area contributed by atoms with E-state index in [1.807, 2.05) is 24.3 Å². The van der Waals surface area contributed by atoms with Crippen LogP contribution in [0.1, 0.15) is 26.5 Å². The number of halogens is 3. The first-order chi connectivity index (χ1) is 14.9. The maximum atomic E-state index is 13.0. The highest BCUT2D eigenvalue weighted by atomic mass is 32.1. The topological polar surface area (TPSA) is 46.1 Å². The maximum Gasteiger partial charge on any atom is 0.416 e. The van der Waals surface area contributed by atoms with Gasteiger partial charge in [-0.15, -0.1) is 11.3 Å².